The maximum atomic E-state index is 12.5. The molecule has 1 amide bonds. The van der Waals surface area contributed by atoms with E-state index in [4.69, 9.17) is 4.74 Å². The van der Waals surface area contributed by atoms with Crippen molar-refractivity contribution < 1.29 is 17.9 Å². The van der Waals surface area contributed by atoms with Crippen molar-refractivity contribution >= 4 is 27.3 Å². The van der Waals surface area contributed by atoms with E-state index in [2.05, 4.69) is 5.32 Å². The molecule has 0 heterocycles. The first kappa shape index (κ1) is 17.8. The molecule has 0 bridgehead atoms. The van der Waals surface area contributed by atoms with E-state index < -0.39 is 22.0 Å². The SMILES string of the molecule is COc1ccc(N(C(C)C(=O)Nc2ccccc2)S(C)(=O)=O)cc1. The summed E-state index contributed by atoms with van der Waals surface area (Å²) in [5.41, 5.74) is 1.01. The molecule has 1 atom stereocenters. The number of amides is 1. The van der Waals surface area contributed by atoms with Crippen molar-refractivity contribution in [3.8, 4) is 5.75 Å². The first-order valence-corrected chi connectivity index (χ1v) is 9.17. The van der Waals surface area contributed by atoms with E-state index in [0.29, 0.717) is 17.1 Å². The van der Waals surface area contributed by atoms with E-state index in [1.807, 2.05) is 6.07 Å². The second-order valence-corrected chi connectivity index (χ2v) is 7.15. The maximum Gasteiger partial charge on any atom is 0.247 e. The second kappa shape index (κ2) is 7.35. The van der Waals surface area contributed by atoms with Gasteiger partial charge in [-0.3, -0.25) is 9.10 Å². The summed E-state index contributed by atoms with van der Waals surface area (Å²) in [6.07, 6.45) is 1.07. The Kier molecular flexibility index (Phi) is 5.46. The van der Waals surface area contributed by atoms with Crippen molar-refractivity contribution in [2.75, 3.05) is 23.0 Å². The number of ether oxygens (including phenoxy) is 1. The molecule has 2 aromatic rings. The molecule has 0 spiro atoms. The van der Waals surface area contributed by atoms with Crippen molar-refractivity contribution in [1.82, 2.24) is 0 Å². The molecule has 24 heavy (non-hydrogen) atoms. The van der Waals surface area contributed by atoms with Crippen LogP contribution in [0.25, 0.3) is 0 Å². The molecule has 0 aliphatic carbocycles. The number of sulfonamides is 1. The van der Waals surface area contributed by atoms with Gasteiger partial charge in [-0.15, -0.1) is 0 Å². The fourth-order valence-corrected chi connectivity index (χ4v) is 3.48. The number of nitrogens with zero attached hydrogens (tertiary/aromatic N) is 1. The average molecular weight is 348 g/mol. The fraction of sp³-hybridized carbons (Fsp3) is 0.235. The lowest BCUT2D eigenvalue weighted by atomic mass is 10.2. The largest absolute Gasteiger partial charge is 0.497 e. The molecule has 0 radical (unpaired) electrons. The molecule has 0 aromatic heterocycles. The van der Waals surface area contributed by atoms with Gasteiger partial charge in [0.05, 0.1) is 19.1 Å². The number of anilines is 2. The summed E-state index contributed by atoms with van der Waals surface area (Å²) in [4.78, 5) is 12.5. The van der Waals surface area contributed by atoms with Gasteiger partial charge in [0.1, 0.15) is 11.8 Å². The van der Waals surface area contributed by atoms with E-state index in [0.717, 1.165) is 10.6 Å². The third kappa shape index (κ3) is 4.26. The molecule has 0 saturated carbocycles. The Labute approximate surface area is 142 Å². The summed E-state index contributed by atoms with van der Waals surface area (Å²) in [6.45, 7) is 1.55. The number of para-hydroxylation sites is 1. The highest BCUT2D eigenvalue weighted by Crippen LogP contribution is 2.24. The smallest absolute Gasteiger partial charge is 0.247 e. The van der Waals surface area contributed by atoms with Gasteiger partial charge in [-0.05, 0) is 43.3 Å². The minimum atomic E-state index is -3.64. The lowest BCUT2D eigenvalue weighted by Crippen LogP contribution is -2.45. The lowest BCUT2D eigenvalue weighted by molar-refractivity contribution is -0.116. The molecular weight excluding hydrogens is 328 g/mol. The van der Waals surface area contributed by atoms with Gasteiger partial charge < -0.3 is 10.1 Å². The van der Waals surface area contributed by atoms with E-state index in [1.54, 1.807) is 55.5 Å². The highest BCUT2D eigenvalue weighted by molar-refractivity contribution is 7.92. The van der Waals surface area contributed by atoms with Crippen LogP contribution in [-0.4, -0.2) is 33.7 Å². The molecule has 0 saturated heterocycles. The summed E-state index contributed by atoms with van der Waals surface area (Å²) in [5, 5.41) is 2.72. The van der Waals surface area contributed by atoms with Crippen LogP contribution >= 0.6 is 0 Å². The Hall–Kier alpha value is -2.54. The highest BCUT2D eigenvalue weighted by Gasteiger charge is 2.29. The minimum Gasteiger partial charge on any atom is -0.497 e. The van der Waals surface area contributed by atoms with Crippen molar-refractivity contribution in [3.05, 3.63) is 54.6 Å². The normalized spacial score (nSPS) is 12.3. The Morgan fingerprint density at radius 1 is 1.08 bits per heavy atom. The van der Waals surface area contributed by atoms with E-state index in [1.165, 1.54) is 7.11 Å². The van der Waals surface area contributed by atoms with Gasteiger partial charge >= 0.3 is 0 Å². The summed E-state index contributed by atoms with van der Waals surface area (Å²) in [6, 6.07) is 14.5. The van der Waals surface area contributed by atoms with Crippen LogP contribution in [0.1, 0.15) is 6.92 Å². The Morgan fingerprint density at radius 3 is 2.17 bits per heavy atom. The molecule has 1 N–H and O–H groups in total. The van der Waals surface area contributed by atoms with Crippen LogP contribution in [0.2, 0.25) is 0 Å². The molecule has 0 aliphatic rings. The third-order valence-electron chi connectivity index (χ3n) is 3.46. The molecule has 0 fully saturated rings. The van der Waals surface area contributed by atoms with E-state index in [9.17, 15) is 13.2 Å². The molecule has 6 nitrogen and oxygen atoms in total. The number of rotatable bonds is 6. The Bertz CT molecular complexity index is 789. The zero-order valence-corrected chi connectivity index (χ0v) is 14.6. The summed E-state index contributed by atoms with van der Waals surface area (Å²) < 4.78 is 30.6. The average Bonchev–Trinajstić information content (AvgIpc) is 2.55. The predicted octanol–water partition coefficient (Wildman–Crippen LogP) is 2.49. The number of carbonyl (C=O) groups is 1. The van der Waals surface area contributed by atoms with Crippen LogP contribution in [-0.2, 0) is 14.8 Å². The lowest BCUT2D eigenvalue weighted by Gasteiger charge is -2.28. The maximum absolute atomic E-state index is 12.5. The standard InChI is InChI=1S/C17H20N2O4S/c1-13(17(20)18-14-7-5-4-6-8-14)19(24(3,21)22)15-9-11-16(23-2)12-10-15/h4-13H,1-3H3,(H,18,20). The molecular formula is C17H20N2O4S. The number of nitrogens with one attached hydrogen (secondary N) is 1. The van der Waals surface area contributed by atoms with Crippen LogP contribution in [0, 0.1) is 0 Å². The molecule has 128 valence electrons. The van der Waals surface area contributed by atoms with Gasteiger partial charge in [-0.2, -0.15) is 0 Å². The summed E-state index contributed by atoms with van der Waals surface area (Å²) in [7, 11) is -2.12. The highest BCUT2D eigenvalue weighted by atomic mass is 32.2. The van der Waals surface area contributed by atoms with Crippen molar-refractivity contribution in [2.24, 2.45) is 0 Å². The quantitative estimate of drug-likeness (QED) is 0.870. The van der Waals surface area contributed by atoms with Crippen molar-refractivity contribution in [3.63, 3.8) is 0 Å². The van der Waals surface area contributed by atoms with Gasteiger partial charge in [-0.1, -0.05) is 18.2 Å². The Morgan fingerprint density at radius 2 is 1.67 bits per heavy atom. The first-order valence-electron chi connectivity index (χ1n) is 7.32. The monoisotopic (exact) mass is 348 g/mol. The predicted molar refractivity (Wildman–Crippen MR) is 94.9 cm³/mol. The van der Waals surface area contributed by atoms with Gasteiger partial charge in [0.15, 0.2) is 0 Å². The first-order chi connectivity index (χ1) is 11.3. The molecule has 2 aromatic carbocycles. The van der Waals surface area contributed by atoms with Crippen LogP contribution in [0.5, 0.6) is 5.75 Å². The summed E-state index contributed by atoms with van der Waals surface area (Å²) in [5.74, 6) is 0.191. The third-order valence-corrected chi connectivity index (χ3v) is 4.70. The zero-order valence-electron chi connectivity index (χ0n) is 13.8. The number of carbonyl (C=O) groups excluding carboxylic acids is 1. The van der Waals surface area contributed by atoms with Crippen molar-refractivity contribution in [1.29, 1.82) is 0 Å². The van der Waals surface area contributed by atoms with E-state index >= 15 is 0 Å². The van der Waals surface area contributed by atoms with Crippen LogP contribution < -0.4 is 14.4 Å². The molecule has 2 rings (SSSR count). The van der Waals surface area contributed by atoms with Gasteiger partial charge in [0.25, 0.3) is 0 Å². The van der Waals surface area contributed by atoms with Crippen molar-refractivity contribution in [2.45, 2.75) is 13.0 Å². The fourth-order valence-electron chi connectivity index (χ4n) is 2.31. The zero-order chi connectivity index (χ0) is 17.7. The molecule has 0 aliphatic heterocycles. The van der Waals surface area contributed by atoms with Crippen LogP contribution in [0.3, 0.4) is 0 Å². The van der Waals surface area contributed by atoms with E-state index in [-0.39, 0.29) is 0 Å². The summed E-state index contributed by atoms with van der Waals surface area (Å²) >= 11 is 0. The van der Waals surface area contributed by atoms with Crippen LogP contribution in [0.15, 0.2) is 54.6 Å². The number of methoxy groups -OCH3 is 1. The van der Waals surface area contributed by atoms with Crippen LogP contribution in [0.4, 0.5) is 11.4 Å². The van der Waals surface area contributed by atoms with Gasteiger partial charge in [0.2, 0.25) is 15.9 Å². The minimum absolute atomic E-state index is 0.397. The number of benzene rings is 2. The number of hydrogen-bond acceptors (Lipinski definition) is 4. The second-order valence-electron chi connectivity index (χ2n) is 5.29. The van der Waals surface area contributed by atoms with Gasteiger partial charge in [0, 0.05) is 5.69 Å². The Balaban J connectivity index is 2.28. The number of hydrogen-bond donors (Lipinski definition) is 1. The topological polar surface area (TPSA) is 75.7 Å². The molecule has 1 unspecified atom stereocenters. The van der Waals surface area contributed by atoms with Gasteiger partial charge in [-0.25, -0.2) is 8.42 Å². The molecule has 7 heteroatoms.